The first-order chi connectivity index (χ1) is 17.8. The lowest BCUT2D eigenvalue weighted by atomic mass is 10.0. The number of hydrogen-bond acceptors (Lipinski definition) is 5. The predicted octanol–water partition coefficient (Wildman–Crippen LogP) is 5.28. The van der Waals surface area contributed by atoms with Gasteiger partial charge in [0.25, 0.3) is 5.91 Å². The Balaban J connectivity index is 1.81. The molecule has 1 heterocycles. The average Bonchev–Trinajstić information content (AvgIpc) is 3.34. The van der Waals surface area contributed by atoms with Crippen molar-refractivity contribution in [2.24, 2.45) is 0 Å². The molecule has 0 spiro atoms. The number of carbonyl (C=O) groups excluding carboxylic acids is 3. The lowest BCUT2D eigenvalue weighted by Gasteiger charge is -2.32. The molecular weight excluding hydrogens is 505 g/mol. The molecule has 3 aromatic rings. The van der Waals surface area contributed by atoms with Gasteiger partial charge in [-0.15, -0.1) is 11.8 Å². The zero-order valence-corrected chi connectivity index (χ0v) is 20.2. The fraction of sp³-hybridized carbons (Fsp3) is 0.222. The van der Waals surface area contributed by atoms with Crippen molar-refractivity contribution >= 4 is 29.7 Å². The molecule has 0 saturated carbocycles. The number of hydrogen-bond donors (Lipinski definition) is 1. The zero-order valence-electron chi connectivity index (χ0n) is 19.4. The van der Waals surface area contributed by atoms with Crippen LogP contribution in [0.1, 0.15) is 27.2 Å². The summed E-state index contributed by atoms with van der Waals surface area (Å²) in [5.74, 6) is -3.24. The van der Waals surface area contributed by atoms with Gasteiger partial charge in [0.05, 0.1) is 17.0 Å². The van der Waals surface area contributed by atoms with Crippen LogP contribution in [-0.2, 0) is 14.3 Å². The zero-order chi connectivity index (χ0) is 26.4. The van der Waals surface area contributed by atoms with Crippen molar-refractivity contribution in [3.8, 4) is 0 Å². The van der Waals surface area contributed by atoms with Crippen LogP contribution in [-0.4, -0.2) is 48.2 Å². The molecule has 0 aliphatic carbocycles. The van der Waals surface area contributed by atoms with E-state index >= 15 is 0 Å². The van der Waals surface area contributed by atoms with Crippen molar-refractivity contribution in [1.82, 2.24) is 10.2 Å². The molecule has 1 aliphatic heterocycles. The highest BCUT2D eigenvalue weighted by molar-refractivity contribution is 8.00. The lowest BCUT2D eigenvalue weighted by Crippen LogP contribution is -2.54. The average molecular weight is 529 g/mol. The van der Waals surface area contributed by atoms with Crippen molar-refractivity contribution in [3.05, 3.63) is 108 Å². The van der Waals surface area contributed by atoms with Gasteiger partial charge in [-0.05, 0) is 16.7 Å². The number of nitrogens with one attached hydrogen (secondary N) is 1. The third kappa shape index (κ3) is 6.32. The van der Waals surface area contributed by atoms with Crippen molar-refractivity contribution < 1.29 is 32.3 Å². The van der Waals surface area contributed by atoms with Gasteiger partial charge in [0.1, 0.15) is 12.6 Å². The molecule has 0 radical (unpaired) electrons. The van der Waals surface area contributed by atoms with Gasteiger partial charge < -0.3 is 10.1 Å². The largest absolute Gasteiger partial charge is 0.471 e. The Bertz CT molecular complexity index is 1190. The highest BCUT2D eigenvalue weighted by Crippen LogP contribution is 2.46. The monoisotopic (exact) mass is 528 g/mol. The summed E-state index contributed by atoms with van der Waals surface area (Å²) in [7, 11) is 0. The molecule has 1 saturated heterocycles. The number of halogens is 3. The van der Waals surface area contributed by atoms with Gasteiger partial charge in [0, 0.05) is 0 Å². The van der Waals surface area contributed by atoms with Crippen LogP contribution in [0.25, 0.3) is 0 Å². The van der Waals surface area contributed by atoms with E-state index in [4.69, 9.17) is 4.74 Å². The molecule has 3 aromatic carbocycles. The molecule has 6 nitrogen and oxygen atoms in total. The van der Waals surface area contributed by atoms with E-state index in [2.05, 4.69) is 0 Å². The van der Waals surface area contributed by atoms with Gasteiger partial charge in [-0.1, -0.05) is 91.0 Å². The fourth-order valence-electron chi connectivity index (χ4n) is 4.00. The van der Waals surface area contributed by atoms with E-state index in [0.717, 1.165) is 16.0 Å². The molecule has 4 rings (SSSR count). The molecule has 0 bridgehead atoms. The van der Waals surface area contributed by atoms with E-state index in [1.807, 2.05) is 66.0 Å². The Morgan fingerprint density at radius 3 is 1.76 bits per heavy atom. The smallest absolute Gasteiger partial charge is 0.447 e. The van der Waals surface area contributed by atoms with Crippen molar-refractivity contribution in [1.29, 1.82) is 0 Å². The first-order valence-corrected chi connectivity index (χ1v) is 12.4. The minimum absolute atomic E-state index is 0.0791. The second-order valence-corrected chi connectivity index (χ2v) is 9.47. The van der Waals surface area contributed by atoms with Gasteiger partial charge in [-0.2, -0.15) is 13.2 Å². The number of benzene rings is 3. The first-order valence-electron chi connectivity index (χ1n) is 11.4. The SMILES string of the molecule is O=C1OCCN1C(=O)[C@H](NC(=O)C(F)(F)F)[C@H](SC(c1ccccc1)c1ccccc1)c1ccccc1. The fourth-order valence-corrected chi connectivity index (χ4v) is 5.57. The Kier molecular flexibility index (Phi) is 8.17. The summed E-state index contributed by atoms with van der Waals surface area (Å²) < 4.78 is 44.9. The summed E-state index contributed by atoms with van der Waals surface area (Å²) in [6, 6.07) is 25.4. The van der Waals surface area contributed by atoms with Crippen LogP contribution in [0.3, 0.4) is 0 Å². The van der Waals surface area contributed by atoms with E-state index in [1.54, 1.807) is 30.3 Å². The van der Waals surface area contributed by atoms with Crippen LogP contribution in [0.2, 0.25) is 0 Å². The Morgan fingerprint density at radius 1 is 0.838 bits per heavy atom. The number of carbonyl (C=O) groups is 3. The van der Waals surface area contributed by atoms with E-state index in [1.165, 1.54) is 11.8 Å². The number of thioether (sulfide) groups is 1. The second-order valence-electron chi connectivity index (χ2n) is 8.22. The number of nitrogens with zero attached hydrogens (tertiary/aromatic N) is 1. The summed E-state index contributed by atoms with van der Waals surface area (Å²) in [4.78, 5) is 38.5. The molecule has 1 aliphatic rings. The topological polar surface area (TPSA) is 75.7 Å². The Morgan fingerprint density at radius 2 is 1.32 bits per heavy atom. The standard InChI is InChI=1S/C27H23F3N2O4S/c28-27(29,30)25(34)31-21(24(33)32-16-17-36-26(32)35)23(20-14-8-3-9-15-20)37-22(18-10-4-1-5-11-18)19-12-6-2-7-13-19/h1-15,21-23H,16-17H2,(H,31,34)/t21-,23-/m1/s1. The van der Waals surface area contributed by atoms with Gasteiger partial charge >= 0.3 is 18.2 Å². The third-order valence-electron chi connectivity index (χ3n) is 5.76. The molecule has 0 unspecified atom stereocenters. The molecule has 1 fully saturated rings. The Labute approximate surface area is 215 Å². The van der Waals surface area contributed by atoms with E-state index in [-0.39, 0.29) is 13.2 Å². The maximum atomic E-state index is 13.5. The number of imide groups is 1. The van der Waals surface area contributed by atoms with Crippen LogP contribution in [0.15, 0.2) is 91.0 Å². The molecule has 10 heteroatoms. The molecule has 3 amide bonds. The minimum atomic E-state index is -5.23. The molecule has 2 atom stereocenters. The minimum Gasteiger partial charge on any atom is -0.447 e. The van der Waals surface area contributed by atoms with E-state index in [9.17, 15) is 27.6 Å². The number of alkyl halides is 3. The van der Waals surface area contributed by atoms with Gasteiger partial charge in [0.15, 0.2) is 0 Å². The van der Waals surface area contributed by atoms with Gasteiger partial charge in [-0.25, -0.2) is 9.69 Å². The first kappa shape index (κ1) is 26.3. The summed E-state index contributed by atoms with van der Waals surface area (Å²) in [6.45, 7) is -0.201. The van der Waals surface area contributed by atoms with Crippen LogP contribution in [0, 0.1) is 0 Å². The molecular formula is C27H23F3N2O4S. The molecule has 0 aromatic heterocycles. The van der Waals surface area contributed by atoms with Crippen LogP contribution in [0.4, 0.5) is 18.0 Å². The quantitative estimate of drug-likeness (QED) is 0.431. The number of ether oxygens (including phenoxy) is 1. The number of cyclic esters (lactones) is 1. The maximum absolute atomic E-state index is 13.5. The van der Waals surface area contributed by atoms with Crippen LogP contribution >= 0.6 is 11.8 Å². The molecule has 192 valence electrons. The normalized spacial score (nSPS) is 15.2. The maximum Gasteiger partial charge on any atom is 0.471 e. The lowest BCUT2D eigenvalue weighted by molar-refractivity contribution is -0.175. The van der Waals surface area contributed by atoms with Crippen molar-refractivity contribution in [2.75, 3.05) is 13.2 Å². The summed E-state index contributed by atoms with van der Waals surface area (Å²) in [5.41, 5.74) is 2.22. The van der Waals surface area contributed by atoms with Crippen LogP contribution in [0.5, 0.6) is 0 Å². The highest BCUT2D eigenvalue weighted by atomic mass is 32.2. The summed E-state index contributed by atoms with van der Waals surface area (Å²) >= 11 is 1.22. The summed E-state index contributed by atoms with van der Waals surface area (Å²) in [6.07, 6.45) is -6.19. The van der Waals surface area contributed by atoms with E-state index in [0.29, 0.717) is 5.56 Å². The van der Waals surface area contributed by atoms with Gasteiger partial charge in [0.2, 0.25) is 0 Å². The Hall–Kier alpha value is -3.79. The molecule has 37 heavy (non-hydrogen) atoms. The van der Waals surface area contributed by atoms with Crippen LogP contribution < -0.4 is 5.32 Å². The summed E-state index contributed by atoms with van der Waals surface area (Å²) in [5, 5.41) is 0.484. The molecule has 1 N–H and O–H groups in total. The third-order valence-corrected chi connectivity index (χ3v) is 7.41. The van der Waals surface area contributed by atoms with Gasteiger partial charge in [-0.3, -0.25) is 9.59 Å². The highest BCUT2D eigenvalue weighted by Gasteiger charge is 2.46. The predicted molar refractivity (Wildman–Crippen MR) is 133 cm³/mol. The second kappa shape index (κ2) is 11.5. The van der Waals surface area contributed by atoms with Crippen molar-refractivity contribution in [3.63, 3.8) is 0 Å². The van der Waals surface area contributed by atoms with Crippen molar-refractivity contribution in [2.45, 2.75) is 22.7 Å². The number of amides is 3. The van der Waals surface area contributed by atoms with E-state index < -0.39 is 40.6 Å². The number of rotatable bonds is 8.